The van der Waals surface area contributed by atoms with E-state index >= 15 is 14.0 Å². The second-order valence-corrected chi connectivity index (χ2v) is 23.1. The van der Waals surface area contributed by atoms with Crippen molar-refractivity contribution < 1.29 is 77.0 Å². The van der Waals surface area contributed by atoms with Crippen molar-refractivity contribution in [2.45, 2.75) is 130 Å². The van der Waals surface area contributed by atoms with Crippen LogP contribution < -0.4 is 30.4 Å². The number of Topliss-reactive ketones (excluding diaryl/α,β-unsaturated/α-hetero) is 4. The number of rotatable bonds is 9. The smallest absolute Gasteiger partial charge is 0.312 e. The molecular weight excluding hydrogens is 1080 g/mol. The summed E-state index contributed by atoms with van der Waals surface area (Å²) >= 11 is 0. The number of nitrogens with zero attached hydrogens (tertiary/aromatic N) is 3. The number of hydrogen-bond acceptors (Lipinski definition) is 18. The lowest BCUT2D eigenvalue weighted by Crippen LogP contribution is -2.61. The Kier molecular flexibility index (Phi) is 16.7. The fourth-order valence-corrected chi connectivity index (χ4v) is 12.2. The van der Waals surface area contributed by atoms with Crippen molar-refractivity contribution in [1.82, 2.24) is 20.1 Å². The molecule has 83 heavy (non-hydrogen) atoms. The van der Waals surface area contributed by atoms with Crippen molar-refractivity contribution in [2.24, 2.45) is 29.6 Å². The Hall–Kier alpha value is -7.69. The third-order valence-electron chi connectivity index (χ3n) is 17.4. The van der Waals surface area contributed by atoms with Crippen LogP contribution in [0, 0.1) is 42.3 Å². The number of fused-ring (bicyclic) bond motifs is 15. The number of anilines is 1. The lowest BCUT2D eigenvalue weighted by atomic mass is 9.78. The number of carbonyl (C=O) groups is 7. The molecule has 3 aromatic rings. The highest BCUT2D eigenvalue weighted by molar-refractivity contribution is 6.32. The summed E-state index contributed by atoms with van der Waals surface area (Å²) in [6.45, 7) is 13.9. The number of carbonyl (C=O) groups excluding carboxylic acids is 7. The molecule has 22 heteroatoms. The molecule has 6 heterocycles. The molecule has 9 atom stereocenters. The minimum atomic E-state index is -2.18. The van der Waals surface area contributed by atoms with Gasteiger partial charge in [0.15, 0.2) is 22.8 Å². The summed E-state index contributed by atoms with van der Waals surface area (Å²) < 4.78 is 47.5. The first-order chi connectivity index (χ1) is 39.2. The fraction of sp³-hybridized carbons (Fsp3) is 0.508. The van der Waals surface area contributed by atoms with E-state index in [0.29, 0.717) is 5.52 Å². The maximum atomic E-state index is 16.1. The Bertz CT molecular complexity index is 3420. The summed E-state index contributed by atoms with van der Waals surface area (Å²) in [5.74, 6) is -11.9. The third-order valence-corrected chi connectivity index (χ3v) is 17.4. The monoisotopic (exact) mass is 1150 g/mol. The maximum Gasteiger partial charge on any atom is 0.312 e. The highest BCUT2D eigenvalue weighted by Crippen LogP contribution is 2.50. The molecule has 5 aliphatic heterocycles. The SMILES string of the molecule is COc1c(N2CC(NC(=O)C3CCN(C4=C5NC(=O)/C(C)=C\C=C\[C@H](C)[C@H](O)[C@@H](C)[C@@H](O)[C@@H](C)[C@H](OC(C)=O)[C@H](C)[C@@H](OC)/C=C/O[C@@]6(C)Oc7c(C)c(O)c(c(c7C6=O)C4=O)C5=O)CC3)C2)c(F)cc2c(=O)c(C(C)=O)cn(C3CC3)c12. The molecule has 0 radical (unpaired) electrons. The van der Waals surface area contributed by atoms with Gasteiger partial charge in [0, 0.05) is 100 Å². The molecule has 3 fully saturated rings. The van der Waals surface area contributed by atoms with Gasteiger partial charge in [0.2, 0.25) is 17.5 Å². The number of esters is 1. The number of aliphatic hydroxyl groups excluding tert-OH is 2. The van der Waals surface area contributed by atoms with Gasteiger partial charge < -0.3 is 64.0 Å². The Morgan fingerprint density at radius 2 is 1.54 bits per heavy atom. The van der Waals surface area contributed by atoms with Crippen molar-refractivity contribution in [3.63, 3.8) is 0 Å². The van der Waals surface area contributed by atoms with Gasteiger partial charge in [0.1, 0.15) is 34.7 Å². The predicted octanol–water partition coefficient (Wildman–Crippen LogP) is 5.68. The van der Waals surface area contributed by atoms with E-state index in [-0.39, 0.29) is 102 Å². The Morgan fingerprint density at radius 1 is 0.867 bits per heavy atom. The van der Waals surface area contributed by atoms with E-state index in [1.54, 1.807) is 43.6 Å². The largest absolute Gasteiger partial charge is 0.507 e. The number of amides is 2. The number of ketones is 4. The zero-order valence-electron chi connectivity index (χ0n) is 48.4. The summed E-state index contributed by atoms with van der Waals surface area (Å²) in [4.78, 5) is 115. The van der Waals surface area contributed by atoms with Crippen molar-refractivity contribution in [2.75, 3.05) is 45.3 Å². The lowest BCUT2D eigenvalue weighted by molar-refractivity contribution is -0.160. The van der Waals surface area contributed by atoms with Gasteiger partial charge in [0.25, 0.3) is 11.7 Å². The predicted molar refractivity (Wildman–Crippen MR) is 300 cm³/mol. The number of ether oxygens (including phenoxy) is 5. The van der Waals surface area contributed by atoms with Gasteiger partial charge in [-0.05, 0) is 58.6 Å². The van der Waals surface area contributed by atoms with Crippen LogP contribution in [0.3, 0.4) is 0 Å². The normalized spacial score (nSPS) is 28.9. The molecule has 1 saturated carbocycles. The summed E-state index contributed by atoms with van der Waals surface area (Å²) in [6.07, 6.45) is 6.50. The number of benzene rings is 2. The molecule has 2 amide bonds. The molecule has 10 rings (SSSR count). The van der Waals surface area contributed by atoms with Gasteiger partial charge in [0.05, 0.1) is 70.9 Å². The second kappa shape index (κ2) is 23.2. The van der Waals surface area contributed by atoms with E-state index in [0.717, 1.165) is 25.2 Å². The summed E-state index contributed by atoms with van der Waals surface area (Å²) in [5, 5.41) is 40.7. The molecule has 5 N–H and O–H groups in total. The number of likely N-dealkylation sites (tertiary alicyclic amines) is 1. The quantitative estimate of drug-likeness (QED) is 0.127. The van der Waals surface area contributed by atoms with Gasteiger partial charge in [-0.3, -0.25) is 38.4 Å². The van der Waals surface area contributed by atoms with Gasteiger partial charge in [-0.1, -0.05) is 45.9 Å². The minimum Gasteiger partial charge on any atom is -0.507 e. The number of phenolic OH excluding ortho intramolecular Hbond substituents is 1. The van der Waals surface area contributed by atoms with E-state index in [1.807, 2.05) is 4.57 Å². The number of piperidine rings is 1. The number of halogens is 1. The molecule has 2 saturated heterocycles. The molecule has 5 bridgehead atoms. The number of pyridine rings is 1. The number of allylic oxidation sites excluding steroid dienone is 4. The zero-order valence-corrected chi connectivity index (χ0v) is 48.4. The first kappa shape index (κ1) is 59.9. The number of phenols is 1. The molecule has 444 valence electrons. The molecule has 7 aliphatic rings. The van der Waals surface area contributed by atoms with Crippen LogP contribution in [0.2, 0.25) is 0 Å². The summed E-state index contributed by atoms with van der Waals surface area (Å²) in [5.41, 5.74) is -2.24. The van der Waals surface area contributed by atoms with E-state index in [9.17, 15) is 44.1 Å². The van der Waals surface area contributed by atoms with E-state index < -0.39 is 135 Å². The molecular formula is C61H72FN5O16. The van der Waals surface area contributed by atoms with Crippen molar-refractivity contribution in [3.05, 3.63) is 104 Å². The highest BCUT2D eigenvalue weighted by Gasteiger charge is 2.54. The van der Waals surface area contributed by atoms with Crippen LogP contribution in [0.1, 0.15) is 134 Å². The zero-order chi connectivity index (χ0) is 60.4. The molecule has 2 aliphatic carbocycles. The Labute approximate surface area is 479 Å². The van der Waals surface area contributed by atoms with Gasteiger partial charge in [-0.25, -0.2) is 4.39 Å². The van der Waals surface area contributed by atoms with Gasteiger partial charge in [-0.15, -0.1) is 0 Å². The average molecular weight is 1150 g/mol. The van der Waals surface area contributed by atoms with E-state index in [4.69, 9.17) is 23.7 Å². The van der Waals surface area contributed by atoms with E-state index in [2.05, 4.69) is 10.6 Å². The van der Waals surface area contributed by atoms with Crippen LogP contribution in [0.5, 0.6) is 17.2 Å². The Balaban J connectivity index is 0.997. The number of hydrogen-bond donors (Lipinski definition) is 5. The number of aromatic nitrogens is 1. The molecule has 21 nitrogen and oxygen atoms in total. The lowest BCUT2D eigenvalue weighted by Gasteiger charge is -2.43. The first-order valence-corrected chi connectivity index (χ1v) is 28.0. The van der Waals surface area contributed by atoms with Crippen LogP contribution in [-0.4, -0.2) is 142 Å². The molecule has 1 aromatic heterocycles. The van der Waals surface area contributed by atoms with Crippen molar-refractivity contribution >= 4 is 57.5 Å². The number of aromatic hydroxyl groups is 1. The standard InChI is InChI=1S/C61H72FN5O16/c1-27-13-12-14-28(2)59(77)64-45-48(65-20-17-35(18-21-65)60(78)63-36-24-66(25-36)47-40(62)23-38-46(57(47)80-11)67(37-15-16-37)26-39(33(7)68)52(38)73)54(75)42-43(53(45)74)51(72)32(6)56-44(42)58(76)61(9,83-56)81-22-19-41(79-10)29(3)55(82-34(8)69)31(5)50(71)30(4)49(27)70/h12-14,19,22-23,26-27,29-31,35-37,41,49-50,55,70-72H,15-18,20-21,24-25H2,1-11H3,(H,63,78)(H,64,77)/b13-12+,22-19+,28-14-/t27-,29+,30+,31+,41-,49-,50+,55+,61-/m0/s1. The minimum absolute atomic E-state index is 0.00974. The third kappa shape index (κ3) is 10.8. The van der Waals surface area contributed by atoms with E-state index in [1.165, 1.54) is 73.3 Å². The molecule has 0 spiro atoms. The van der Waals surface area contributed by atoms with Crippen LogP contribution in [0.25, 0.3) is 10.9 Å². The van der Waals surface area contributed by atoms with Gasteiger partial charge >= 0.3 is 11.8 Å². The first-order valence-electron chi connectivity index (χ1n) is 28.0. The van der Waals surface area contributed by atoms with Crippen molar-refractivity contribution in [3.8, 4) is 17.2 Å². The summed E-state index contributed by atoms with van der Waals surface area (Å²) in [7, 11) is 2.79. The van der Waals surface area contributed by atoms with Crippen LogP contribution >= 0.6 is 0 Å². The maximum absolute atomic E-state index is 16.1. The number of aliphatic hydroxyl groups is 2. The van der Waals surface area contributed by atoms with Crippen LogP contribution in [0.15, 0.2) is 64.6 Å². The fourth-order valence-electron chi connectivity index (χ4n) is 12.2. The second-order valence-electron chi connectivity index (χ2n) is 23.1. The Morgan fingerprint density at radius 3 is 2.16 bits per heavy atom. The van der Waals surface area contributed by atoms with Crippen LogP contribution in [0.4, 0.5) is 10.1 Å². The number of methoxy groups -OCH3 is 2. The average Bonchev–Trinajstić information content (AvgIpc) is 3.92. The number of nitrogens with one attached hydrogen (secondary N) is 2. The van der Waals surface area contributed by atoms with Crippen molar-refractivity contribution in [1.29, 1.82) is 0 Å². The molecule has 2 aromatic carbocycles. The summed E-state index contributed by atoms with van der Waals surface area (Å²) in [6, 6.07) is 0.730. The molecule has 0 unspecified atom stereocenters. The van der Waals surface area contributed by atoms with Gasteiger partial charge in [-0.2, -0.15) is 0 Å². The van der Waals surface area contributed by atoms with Crippen LogP contribution in [-0.2, 0) is 28.6 Å². The topological polar surface area (TPSA) is 279 Å². The highest BCUT2D eigenvalue weighted by atomic mass is 19.1.